The van der Waals surface area contributed by atoms with E-state index in [1.807, 2.05) is 19.1 Å². The number of benzene rings is 1. The van der Waals surface area contributed by atoms with Gasteiger partial charge in [0.05, 0.1) is 5.52 Å². The molecule has 0 spiro atoms. The zero-order valence-corrected chi connectivity index (χ0v) is 8.14. The minimum atomic E-state index is -2.02. The van der Waals surface area contributed by atoms with Gasteiger partial charge in [-0.2, -0.15) is 0 Å². The molecule has 1 aromatic heterocycles. The molecular formula is C11H10FNO2. The van der Waals surface area contributed by atoms with Crippen molar-refractivity contribution < 1.29 is 14.3 Å². The van der Waals surface area contributed by atoms with E-state index in [1.54, 1.807) is 12.1 Å². The van der Waals surface area contributed by atoms with Crippen LogP contribution >= 0.6 is 0 Å². The number of alkyl halides is 1. The van der Waals surface area contributed by atoms with Crippen LogP contribution in [0.2, 0.25) is 0 Å². The monoisotopic (exact) mass is 207 g/mol. The van der Waals surface area contributed by atoms with E-state index in [2.05, 4.69) is 0 Å². The summed E-state index contributed by atoms with van der Waals surface area (Å²) >= 11 is 0. The van der Waals surface area contributed by atoms with Crippen LogP contribution in [0.1, 0.15) is 11.9 Å². The van der Waals surface area contributed by atoms with E-state index < -0.39 is 12.3 Å². The van der Waals surface area contributed by atoms with Crippen molar-refractivity contribution in [3.05, 3.63) is 36.0 Å². The lowest BCUT2D eigenvalue weighted by Crippen LogP contribution is -2.13. The molecule has 15 heavy (non-hydrogen) atoms. The molecule has 0 aliphatic rings. The maximum Gasteiger partial charge on any atom is 0.359 e. The van der Waals surface area contributed by atoms with Crippen molar-refractivity contribution in [2.24, 2.45) is 0 Å². The third-order valence-electron chi connectivity index (χ3n) is 2.33. The number of carbonyl (C=O) groups is 1. The highest BCUT2D eigenvalue weighted by molar-refractivity contribution is 5.83. The molecular weight excluding hydrogens is 197 g/mol. The highest BCUT2D eigenvalue weighted by Crippen LogP contribution is 2.22. The van der Waals surface area contributed by atoms with Gasteiger partial charge in [0.1, 0.15) is 0 Å². The van der Waals surface area contributed by atoms with Crippen LogP contribution in [0, 0.1) is 6.92 Å². The molecule has 2 rings (SSSR count). The molecule has 0 bridgehead atoms. The number of nitrogens with zero attached hydrogens (tertiary/aromatic N) is 1. The van der Waals surface area contributed by atoms with E-state index >= 15 is 0 Å². The SMILES string of the molecule is Cc1ccc2ccn(C(F)C(=O)O)c2c1. The zero-order valence-electron chi connectivity index (χ0n) is 8.14. The number of rotatable bonds is 2. The number of aryl methyl sites for hydroxylation is 1. The highest BCUT2D eigenvalue weighted by atomic mass is 19.1. The van der Waals surface area contributed by atoms with E-state index in [0.29, 0.717) is 5.52 Å². The summed E-state index contributed by atoms with van der Waals surface area (Å²) < 4.78 is 14.4. The molecule has 1 heterocycles. The number of fused-ring (bicyclic) bond motifs is 1. The Morgan fingerprint density at radius 3 is 2.87 bits per heavy atom. The molecule has 0 fully saturated rings. The molecule has 0 aliphatic carbocycles. The fourth-order valence-electron chi connectivity index (χ4n) is 1.58. The first kappa shape index (κ1) is 9.71. The fraction of sp³-hybridized carbons (Fsp3) is 0.182. The molecule has 3 nitrogen and oxygen atoms in total. The Morgan fingerprint density at radius 1 is 1.47 bits per heavy atom. The highest BCUT2D eigenvalue weighted by Gasteiger charge is 2.18. The normalized spacial score (nSPS) is 12.9. The Balaban J connectivity index is 2.61. The predicted octanol–water partition coefficient (Wildman–Crippen LogP) is 2.50. The standard InChI is InChI=1S/C11H10FNO2/c1-7-2-3-8-4-5-13(9(8)6-7)10(12)11(14)15/h2-6,10H,1H3,(H,14,15). The van der Waals surface area contributed by atoms with Crippen LogP contribution in [0.4, 0.5) is 4.39 Å². The minimum absolute atomic E-state index is 0.602. The summed E-state index contributed by atoms with van der Waals surface area (Å²) in [6.07, 6.45) is -0.576. The van der Waals surface area contributed by atoms with E-state index in [1.165, 1.54) is 6.20 Å². The second-order valence-electron chi connectivity index (χ2n) is 3.46. The van der Waals surface area contributed by atoms with Crippen molar-refractivity contribution in [1.82, 2.24) is 4.57 Å². The largest absolute Gasteiger partial charge is 0.478 e. The third-order valence-corrected chi connectivity index (χ3v) is 2.33. The molecule has 0 amide bonds. The maximum atomic E-state index is 13.3. The lowest BCUT2D eigenvalue weighted by Gasteiger charge is -2.07. The van der Waals surface area contributed by atoms with Crippen LogP contribution in [0.25, 0.3) is 10.9 Å². The van der Waals surface area contributed by atoms with Crippen LogP contribution in [-0.2, 0) is 4.79 Å². The molecule has 4 heteroatoms. The Labute approximate surface area is 85.7 Å². The van der Waals surface area contributed by atoms with E-state index in [4.69, 9.17) is 5.11 Å². The van der Waals surface area contributed by atoms with Crippen molar-refractivity contribution in [3.63, 3.8) is 0 Å². The Kier molecular flexibility index (Phi) is 2.19. The average molecular weight is 207 g/mol. The van der Waals surface area contributed by atoms with Gasteiger partial charge in [-0.15, -0.1) is 0 Å². The van der Waals surface area contributed by atoms with Gasteiger partial charge in [0.2, 0.25) is 0 Å². The summed E-state index contributed by atoms with van der Waals surface area (Å²) in [6.45, 7) is 1.88. The first-order valence-corrected chi connectivity index (χ1v) is 4.53. The molecule has 2 aromatic rings. The van der Waals surface area contributed by atoms with Crippen LogP contribution in [-0.4, -0.2) is 15.6 Å². The Hall–Kier alpha value is -1.84. The number of carboxylic acid groups (broad SMARTS) is 1. The maximum absolute atomic E-state index is 13.3. The van der Waals surface area contributed by atoms with Crippen LogP contribution in [0.15, 0.2) is 30.5 Å². The quantitative estimate of drug-likeness (QED) is 0.822. The van der Waals surface area contributed by atoms with Crippen LogP contribution in [0.3, 0.4) is 0 Å². The number of aliphatic carboxylic acids is 1. The molecule has 78 valence electrons. The smallest absolute Gasteiger partial charge is 0.359 e. The topological polar surface area (TPSA) is 42.2 Å². The number of hydrogen-bond acceptors (Lipinski definition) is 1. The first-order valence-electron chi connectivity index (χ1n) is 4.53. The summed E-state index contributed by atoms with van der Waals surface area (Å²) in [5.41, 5.74) is 1.57. The Bertz CT molecular complexity index is 518. The Morgan fingerprint density at radius 2 is 2.20 bits per heavy atom. The number of hydrogen-bond donors (Lipinski definition) is 1. The zero-order chi connectivity index (χ0) is 11.0. The third kappa shape index (κ3) is 1.58. The molecule has 1 aromatic carbocycles. The van der Waals surface area contributed by atoms with Crippen LogP contribution in [0.5, 0.6) is 0 Å². The molecule has 1 unspecified atom stereocenters. The van der Waals surface area contributed by atoms with Crippen molar-refractivity contribution in [3.8, 4) is 0 Å². The van der Waals surface area contributed by atoms with Gasteiger partial charge in [-0.05, 0) is 30.0 Å². The summed E-state index contributed by atoms with van der Waals surface area (Å²) in [5, 5.41) is 9.42. The van der Waals surface area contributed by atoms with Gasteiger partial charge in [-0.3, -0.25) is 0 Å². The van der Waals surface area contributed by atoms with Gasteiger partial charge in [0.15, 0.2) is 0 Å². The molecule has 0 radical (unpaired) electrons. The molecule has 0 aliphatic heterocycles. The summed E-state index contributed by atoms with van der Waals surface area (Å²) in [7, 11) is 0. The van der Waals surface area contributed by atoms with E-state index in [0.717, 1.165) is 15.5 Å². The second-order valence-corrected chi connectivity index (χ2v) is 3.46. The number of carboxylic acids is 1. The predicted molar refractivity (Wildman–Crippen MR) is 54.5 cm³/mol. The molecule has 1 atom stereocenters. The number of halogens is 1. The molecule has 0 saturated carbocycles. The summed E-state index contributed by atoms with van der Waals surface area (Å²) in [4.78, 5) is 10.5. The minimum Gasteiger partial charge on any atom is -0.478 e. The van der Waals surface area contributed by atoms with Gasteiger partial charge in [-0.1, -0.05) is 12.1 Å². The summed E-state index contributed by atoms with van der Waals surface area (Å²) in [6, 6.07) is 7.21. The van der Waals surface area contributed by atoms with Crippen LogP contribution < -0.4 is 0 Å². The first-order chi connectivity index (χ1) is 7.09. The fourth-order valence-corrected chi connectivity index (χ4v) is 1.58. The van der Waals surface area contributed by atoms with Gasteiger partial charge in [-0.25, -0.2) is 9.18 Å². The van der Waals surface area contributed by atoms with Crippen molar-refractivity contribution in [2.75, 3.05) is 0 Å². The number of aromatic nitrogens is 1. The lowest BCUT2D eigenvalue weighted by molar-refractivity contribution is -0.146. The molecule has 0 saturated heterocycles. The van der Waals surface area contributed by atoms with Gasteiger partial charge in [0.25, 0.3) is 6.30 Å². The summed E-state index contributed by atoms with van der Waals surface area (Å²) in [5.74, 6) is -1.48. The van der Waals surface area contributed by atoms with Gasteiger partial charge in [0, 0.05) is 6.20 Å². The average Bonchev–Trinajstić information content (AvgIpc) is 2.59. The van der Waals surface area contributed by atoms with E-state index in [-0.39, 0.29) is 0 Å². The van der Waals surface area contributed by atoms with Crippen molar-refractivity contribution in [2.45, 2.75) is 13.2 Å². The lowest BCUT2D eigenvalue weighted by atomic mass is 10.2. The van der Waals surface area contributed by atoms with Crippen molar-refractivity contribution >= 4 is 16.9 Å². The van der Waals surface area contributed by atoms with Crippen molar-refractivity contribution in [1.29, 1.82) is 0 Å². The molecule has 1 N–H and O–H groups in total. The second kappa shape index (κ2) is 3.38. The van der Waals surface area contributed by atoms with Gasteiger partial charge >= 0.3 is 5.97 Å². The van der Waals surface area contributed by atoms with Gasteiger partial charge < -0.3 is 9.67 Å². The van der Waals surface area contributed by atoms with E-state index in [9.17, 15) is 9.18 Å².